The van der Waals surface area contributed by atoms with Crippen LogP contribution in [0, 0.1) is 0 Å². The first-order valence-corrected chi connectivity index (χ1v) is 8.46. The summed E-state index contributed by atoms with van der Waals surface area (Å²) in [6.45, 7) is 6.13. The summed E-state index contributed by atoms with van der Waals surface area (Å²) in [5.41, 5.74) is 1.95. The minimum atomic E-state index is -0.889. The molecule has 25 heavy (non-hydrogen) atoms. The van der Waals surface area contributed by atoms with Crippen LogP contribution in [0.25, 0.3) is 0 Å². The Bertz CT molecular complexity index is 685. The maximum Gasteiger partial charge on any atom is 0.319 e. The van der Waals surface area contributed by atoms with Gasteiger partial charge in [0.2, 0.25) is 5.91 Å². The lowest BCUT2D eigenvalue weighted by atomic mass is 9.98. The van der Waals surface area contributed by atoms with Crippen molar-refractivity contribution in [3.8, 4) is 0 Å². The van der Waals surface area contributed by atoms with Gasteiger partial charge in [0.1, 0.15) is 0 Å². The van der Waals surface area contributed by atoms with Crippen molar-refractivity contribution in [2.24, 2.45) is 0 Å². The fraction of sp³-hybridized carbons (Fsp3) is 0.500. The van der Waals surface area contributed by atoms with Crippen LogP contribution in [0.3, 0.4) is 0 Å². The quantitative estimate of drug-likeness (QED) is 0.737. The first-order chi connectivity index (χ1) is 11.7. The Morgan fingerprint density at radius 3 is 2.64 bits per heavy atom. The van der Waals surface area contributed by atoms with Crippen LogP contribution in [0.2, 0.25) is 0 Å². The number of carboxylic acids is 1. The molecule has 2 rings (SSSR count). The Morgan fingerprint density at radius 2 is 2.00 bits per heavy atom. The van der Waals surface area contributed by atoms with Gasteiger partial charge in [-0.2, -0.15) is 0 Å². The highest BCUT2D eigenvalue weighted by molar-refractivity contribution is 5.97. The predicted molar refractivity (Wildman–Crippen MR) is 95.9 cm³/mol. The Kier molecular flexibility index (Phi) is 5.66. The monoisotopic (exact) mass is 347 g/mol. The van der Waals surface area contributed by atoms with Crippen LogP contribution in [0.5, 0.6) is 0 Å². The lowest BCUT2D eigenvalue weighted by molar-refractivity contribution is -0.137. The fourth-order valence-corrected chi connectivity index (χ4v) is 2.94. The van der Waals surface area contributed by atoms with Gasteiger partial charge in [0, 0.05) is 36.3 Å². The number of carbonyl (C=O) groups excluding carboxylic acids is 2. The molecule has 0 saturated heterocycles. The number of carboxylic acid groups (broad SMARTS) is 1. The number of anilines is 2. The third kappa shape index (κ3) is 4.95. The van der Waals surface area contributed by atoms with Gasteiger partial charge in [0.15, 0.2) is 0 Å². The number of aliphatic carboxylic acids is 1. The number of nitrogens with one attached hydrogen (secondary N) is 2. The van der Waals surface area contributed by atoms with Gasteiger partial charge in [0.25, 0.3) is 0 Å². The number of rotatable bonds is 6. The van der Waals surface area contributed by atoms with Gasteiger partial charge in [-0.3, -0.25) is 9.59 Å². The molecule has 1 aliphatic rings. The van der Waals surface area contributed by atoms with Crippen molar-refractivity contribution in [2.45, 2.75) is 52.0 Å². The minimum absolute atomic E-state index is 0.00694. The van der Waals surface area contributed by atoms with Gasteiger partial charge in [-0.05, 0) is 57.4 Å². The molecule has 0 radical (unpaired) electrons. The second-order valence-electron chi connectivity index (χ2n) is 6.84. The predicted octanol–water partition coefficient (Wildman–Crippen LogP) is 2.75. The molecule has 0 unspecified atom stereocenters. The van der Waals surface area contributed by atoms with E-state index in [-0.39, 0.29) is 18.4 Å². The first kappa shape index (κ1) is 18.8. The van der Waals surface area contributed by atoms with Gasteiger partial charge in [0.05, 0.1) is 0 Å². The van der Waals surface area contributed by atoms with Crippen LogP contribution in [-0.4, -0.2) is 35.1 Å². The number of hydrogen-bond acceptors (Lipinski definition) is 3. The number of aryl methyl sites for hydroxylation is 1. The van der Waals surface area contributed by atoms with E-state index in [9.17, 15) is 14.4 Å². The van der Waals surface area contributed by atoms with Crippen LogP contribution in [0.4, 0.5) is 16.2 Å². The third-order valence-electron chi connectivity index (χ3n) is 4.27. The zero-order chi connectivity index (χ0) is 18.6. The Balaban J connectivity index is 2.02. The molecular formula is C18H25N3O4. The molecule has 7 nitrogen and oxygen atoms in total. The summed E-state index contributed by atoms with van der Waals surface area (Å²) in [4.78, 5) is 36.5. The number of hydrogen-bond donors (Lipinski definition) is 3. The highest BCUT2D eigenvalue weighted by Crippen LogP contribution is 2.30. The number of amides is 3. The van der Waals surface area contributed by atoms with Crippen molar-refractivity contribution >= 4 is 29.3 Å². The highest BCUT2D eigenvalue weighted by atomic mass is 16.4. The normalized spacial score (nSPS) is 14.0. The number of fused-ring (bicyclic) bond motifs is 1. The summed E-state index contributed by atoms with van der Waals surface area (Å²) in [7, 11) is 0. The van der Waals surface area contributed by atoms with E-state index in [1.54, 1.807) is 24.8 Å². The van der Waals surface area contributed by atoms with Crippen molar-refractivity contribution in [1.29, 1.82) is 0 Å². The summed E-state index contributed by atoms with van der Waals surface area (Å²) in [6, 6.07) is 5.12. The molecule has 0 bridgehead atoms. The topological polar surface area (TPSA) is 98.7 Å². The zero-order valence-electron chi connectivity index (χ0n) is 14.9. The second kappa shape index (κ2) is 7.55. The molecule has 1 heterocycles. The van der Waals surface area contributed by atoms with E-state index in [1.165, 1.54) is 0 Å². The van der Waals surface area contributed by atoms with Crippen LogP contribution in [0.1, 0.15) is 45.6 Å². The number of nitrogens with zero attached hydrogens (tertiary/aromatic N) is 1. The highest BCUT2D eigenvalue weighted by Gasteiger charge is 2.24. The SMILES string of the molecule is CCN1C(=O)CCc2cc(NC(=O)NC(C)(C)CCC(=O)O)ccc21. The molecule has 3 amide bonds. The van der Waals surface area contributed by atoms with Gasteiger partial charge < -0.3 is 20.6 Å². The summed E-state index contributed by atoms with van der Waals surface area (Å²) in [5, 5.41) is 14.3. The van der Waals surface area contributed by atoms with Crippen molar-refractivity contribution in [3.05, 3.63) is 23.8 Å². The summed E-state index contributed by atoms with van der Waals surface area (Å²) >= 11 is 0. The van der Waals surface area contributed by atoms with Crippen molar-refractivity contribution in [1.82, 2.24) is 5.32 Å². The zero-order valence-corrected chi connectivity index (χ0v) is 14.9. The average molecular weight is 347 g/mol. The number of urea groups is 1. The van der Waals surface area contributed by atoms with Crippen molar-refractivity contribution in [3.63, 3.8) is 0 Å². The molecule has 0 aromatic heterocycles. The van der Waals surface area contributed by atoms with Crippen LogP contribution >= 0.6 is 0 Å². The van der Waals surface area contributed by atoms with Crippen LogP contribution in [-0.2, 0) is 16.0 Å². The summed E-state index contributed by atoms with van der Waals surface area (Å²) < 4.78 is 0. The van der Waals surface area contributed by atoms with E-state index in [0.29, 0.717) is 31.5 Å². The van der Waals surface area contributed by atoms with E-state index < -0.39 is 11.5 Å². The van der Waals surface area contributed by atoms with Gasteiger partial charge in [-0.25, -0.2) is 4.79 Å². The lowest BCUT2D eigenvalue weighted by Gasteiger charge is -2.29. The lowest BCUT2D eigenvalue weighted by Crippen LogP contribution is -2.45. The molecule has 0 spiro atoms. The molecule has 1 aromatic rings. The van der Waals surface area contributed by atoms with E-state index in [1.807, 2.05) is 19.1 Å². The van der Waals surface area contributed by atoms with E-state index in [0.717, 1.165) is 11.3 Å². The van der Waals surface area contributed by atoms with Gasteiger partial charge in [-0.1, -0.05) is 0 Å². The standard InChI is InChI=1S/C18H25N3O4/c1-4-21-14-7-6-13(11-12(14)5-8-15(21)22)19-17(25)20-18(2,3)10-9-16(23)24/h6-7,11H,4-5,8-10H2,1-3H3,(H,23,24)(H2,19,20,25). The molecule has 0 fully saturated rings. The van der Waals surface area contributed by atoms with Crippen LogP contribution < -0.4 is 15.5 Å². The Hall–Kier alpha value is -2.57. The minimum Gasteiger partial charge on any atom is -0.481 e. The Morgan fingerprint density at radius 1 is 1.28 bits per heavy atom. The molecular weight excluding hydrogens is 322 g/mol. The molecule has 136 valence electrons. The molecule has 0 aliphatic carbocycles. The fourth-order valence-electron chi connectivity index (χ4n) is 2.94. The largest absolute Gasteiger partial charge is 0.481 e. The Labute approximate surface area is 147 Å². The van der Waals surface area contributed by atoms with Crippen LogP contribution in [0.15, 0.2) is 18.2 Å². The average Bonchev–Trinajstić information content (AvgIpc) is 2.52. The molecule has 7 heteroatoms. The van der Waals surface area contributed by atoms with Crippen molar-refractivity contribution < 1.29 is 19.5 Å². The summed E-state index contributed by atoms with van der Waals surface area (Å²) in [5.74, 6) is -0.770. The molecule has 1 aromatic carbocycles. The molecule has 3 N–H and O–H groups in total. The van der Waals surface area contributed by atoms with E-state index >= 15 is 0 Å². The van der Waals surface area contributed by atoms with E-state index in [2.05, 4.69) is 10.6 Å². The van der Waals surface area contributed by atoms with Crippen molar-refractivity contribution in [2.75, 3.05) is 16.8 Å². The number of carbonyl (C=O) groups is 3. The van der Waals surface area contributed by atoms with E-state index in [4.69, 9.17) is 5.11 Å². The van der Waals surface area contributed by atoms with Gasteiger partial charge >= 0.3 is 12.0 Å². The maximum absolute atomic E-state index is 12.2. The smallest absolute Gasteiger partial charge is 0.319 e. The molecule has 0 saturated carbocycles. The summed E-state index contributed by atoms with van der Waals surface area (Å²) in [6.07, 6.45) is 1.46. The maximum atomic E-state index is 12.2. The molecule has 0 atom stereocenters. The third-order valence-corrected chi connectivity index (χ3v) is 4.27. The second-order valence-corrected chi connectivity index (χ2v) is 6.84. The first-order valence-electron chi connectivity index (χ1n) is 8.46. The van der Waals surface area contributed by atoms with Gasteiger partial charge in [-0.15, -0.1) is 0 Å². The number of benzene rings is 1. The molecule has 1 aliphatic heterocycles.